The maximum atomic E-state index is 13.4. The predicted molar refractivity (Wildman–Crippen MR) is 129 cm³/mol. The molecule has 1 aromatic heterocycles. The van der Waals surface area contributed by atoms with Gasteiger partial charge in [-0.2, -0.15) is 5.10 Å². The number of nitrogens with zero attached hydrogens (tertiary/aromatic N) is 3. The minimum absolute atomic E-state index is 0.0738. The Morgan fingerprint density at radius 1 is 1.09 bits per heavy atom. The summed E-state index contributed by atoms with van der Waals surface area (Å²) in [4.78, 5) is 27.9. The summed E-state index contributed by atoms with van der Waals surface area (Å²) in [6, 6.07) is 17.6. The second-order valence-electron chi connectivity index (χ2n) is 8.69. The van der Waals surface area contributed by atoms with E-state index in [-0.39, 0.29) is 40.7 Å². The second-order valence-corrected chi connectivity index (χ2v) is 9.13. The fourth-order valence-corrected chi connectivity index (χ4v) is 4.54. The first-order valence-corrected chi connectivity index (χ1v) is 11.6. The maximum absolute atomic E-state index is 13.4. The zero-order valence-corrected chi connectivity index (χ0v) is 19.8. The zero-order chi connectivity index (χ0) is 23.5. The van der Waals surface area contributed by atoms with Crippen LogP contribution in [0.25, 0.3) is 0 Å². The number of rotatable bonds is 7. The van der Waals surface area contributed by atoms with Gasteiger partial charge < -0.3 is 9.64 Å². The SMILES string of the molecule is CCN1CC(C(c2ccccc2)c2cccc(Cl)c2)n2ncc(=O)c(OCC(C)C)c2C1=O. The number of halogens is 1. The molecule has 0 saturated heterocycles. The van der Waals surface area contributed by atoms with E-state index in [4.69, 9.17) is 16.3 Å². The number of benzene rings is 2. The number of carbonyl (C=O) groups excluding carboxylic acids is 1. The number of hydrogen-bond donors (Lipinski definition) is 0. The Bertz CT molecular complexity index is 1190. The molecule has 0 N–H and O–H groups in total. The van der Waals surface area contributed by atoms with Crippen molar-refractivity contribution < 1.29 is 9.53 Å². The summed E-state index contributed by atoms with van der Waals surface area (Å²) in [5, 5.41) is 5.09. The highest BCUT2D eigenvalue weighted by Gasteiger charge is 2.39. The number of ether oxygens (including phenoxy) is 1. The van der Waals surface area contributed by atoms with Crippen molar-refractivity contribution in [3.8, 4) is 5.75 Å². The molecule has 172 valence electrons. The molecule has 2 unspecified atom stereocenters. The summed E-state index contributed by atoms with van der Waals surface area (Å²) in [5.41, 5.74) is 1.92. The quantitative estimate of drug-likeness (QED) is 0.503. The van der Waals surface area contributed by atoms with Crippen LogP contribution in [-0.2, 0) is 0 Å². The molecule has 3 aromatic rings. The van der Waals surface area contributed by atoms with Gasteiger partial charge in [-0.3, -0.25) is 14.3 Å². The highest BCUT2D eigenvalue weighted by atomic mass is 35.5. The molecule has 0 spiro atoms. The molecule has 1 aliphatic rings. The van der Waals surface area contributed by atoms with Crippen molar-refractivity contribution in [1.82, 2.24) is 14.7 Å². The van der Waals surface area contributed by atoms with Crippen molar-refractivity contribution in [2.75, 3.05) is 19.7 Å². The van der Waals surface area contributed by atoms with Gasteiger partial charge in [0.1, 0.15) is 0 Å². The molecule has 0 aliphatic carbocycles. The van der Waals surface area contributed by atoms with Crippen LogP contribution >= 0.6 is 11.6 Å². The average molecular weight is 466 g/mol. The molecule has 0 radical (unpaired) electrons. The summed E-state index contributed by atoms with van der Waals surface area (Å²) < 4.78 is 7.56. The lowest BCUT2D eigenvalue weighted by Gasteiger charge is -2.39. The van der Waals surface area contributed by atoms with Gasteiger partial charge in [0.05, 0.1) is 18.8 Å². The van der Waals surface area contributed by atoms with Crippen LogP contribution in [0.15, 0.2) is 65.6 Å². The van der Waals surface area contributed by atoms with Crippen molar-refractivity contribution in [2.24, 2.45) is 5.92 Å². The fourth-order valence-electron chi connectivity index (χ4n) is 4.34. The van der Waals surface area contributed by atoms with E-state index < -0.39 is 0 Å². The van der Waals surface area contributed by atoms with Crippen molar-refractivity contribution in [3.63, 3.8) is 0 Å². The van der Waals surface area contributed by atoms with E-state index >= 15 is 0 Å². The predicted octanol–water partition coefficient (Wildman–Crippen LogP) is 4.78. The molecular formula is C26H28ClN3O3. The van der Waals surface area contributed by atoms with E-state index in [1.807, 2.05) is 63.2 Å². The molecule has 7 heteroatoms. The van der Waals surface area contributed by atoms with Gasteiger partial charge in [0.25, 0.3) is 5.91 Å². The van der Waals surface area contributed by atoms with Gasteiger partial charge in [-0.1, -0.05) is 67.9 Å². The van der Waals surface area contributed by atoms with Crippen LogP contribution in [0.4, 0.5) is 0 Å². The first kappa shape index (κ1) is 23.1. The standard InChI is InChI=1S/C26H28ClN3O3/c1-4-29-15-21(23(18-9-6-5-7-10-18)19-11-8-12-20(27)13-19)30-24(26(29)32)25(22(31)14-28-30)33-16-17(2)3/h5-14,17,21,23H,4,15-16H2,1-3H3. The van der Waals surface area contributed by atoms with Gasteiger partial charge in [-0.05, 0) is 36.1 Å². The Morgan fingerprint density at radius 3 is 2.48 bits per heavy atom. The summed E-state index contributed by atoms with van der Waals surface area (Å²) in [7, 11) is 0. The van der Waals surface area contributed by atoms with Crippen molar-refractivity contribution >= 4 is 17.5 Å². The molecule has 33 heavy (non-hydrogen) atoms. The van der Waals surface area contributed by atoms with E-state index in [2.05, 4.69) is 17.2 Å². The summed E-state index contributed by atoms with van der Waals surface area (Å²) in [5.74, 6) is -0.0994. The molecule has 4 rings (SSSR count). The Hall–Kier alpha value is -3.12. The summed E-state index contributed by atoms with van der Waals surface area (Å²) in [6.07, 6.45) is 1.25. The van der Waals surface area contributed by atoms with Crippen LogP contribution in [0.5, 0.6) is 5.75 Å². The highest BCUT2D eigenvalue weighted by molar-refractivity contribution is 6.30. The third-order valence-corrected chi connectivity index (χ3v) is 6.11. The van der Waals surface area contributed by atoms with Gasteiger partial charge in [0.2, 0.25) is 5.43 Å². The molecule has 2 heterocycles. The van der Waals surface area contributed by atoms with Gasteiger partial charge >= 0.3 is 0 Å². The molecule has 0 saturated carbocycles. The van der Waals surface area contributed by atoms with Crippen LogP contribution < -0.4 is 10.2 Å². The van der Waals surface area contributed by atoms with Gasteiger partial charge in [-0.15, -0.1) is 0 Å². The van der Waals surface area contributed by atoms with Gasteiger partial charge in [-0.25, -0.2) is 0 Å². The lowest BCUT2D eigenvalue weighted by Crippen LogP contribution is -2.47. The number of carbonyl (C=O) groups is 1. The second kappa shape index (κ2) is 9.79. The minimum atomic E-state index is -0.383. The summed E-state index contributed by atoms with van der Waals surface area (Å²) >= 11 is 6.36. The number of amides is 1. The first-order chi connectivity index (χ1) is 15.9. The third kappa shape index (κ3) is 4.67. The van der Waals surface area contributed by atoms with Gasteiger partial charge in [0.15, 0.2) is 11.4 Å². The molecule has 0 bridgehead atoms. The molecule has 1 amide bonds. The van der Waals surface area contributed by atoms with Crippen molar-refractivity contribution in [3.05, 3.63) is 92.9 Å². The maximum Gasteiger partial charge on any atom is 0.276 e. The average Bonchev–Trinajstić information content (AvgIpc) is 2.80. The van der Waals surface area contributed by atoms with Crippen LogP contribution in [0.1, 0.15) is 54.3 Å². The lowest BCUT2D eigenvalue weighted by atomic mass is 9.83. The highest BCUT2D eigenvalue weighted by Crippen LogP contribution is 2.40. The number of fused-ring (bicyclic) bond motifs is 1. The molecule has 6 nitrogen and oxygen atoms in total. The normalized spacial score (nSPS) is 16.6. The summed E-state index contributed by atoms with van der Waals surface area (Å²) in [6.45, 7) is 7.24. The van der Waals surface area contributed by atoms with E-state index in [0.717, 1.165) is 11.1 Å². The van der Waals surface area contributed by atoms with Crippen molar-refractivity contribution in [2.45, 2.75) is 32.7 Å². The minimum Gasteiger partial charge on any atom is -0.487 e. The number of hydrogen-bond acceptors (Lipinski definition) is 4. The molecule has 1 aliphatic heterocycles. The zero-order valence-electron chi connectivity index (χ0n) is 19.1. The van der Waals surface area contributed by atoms with Crippen LogP contribution in [0, 0.1) is 5.92 Å². The lowest BCUT2D eigenvalue weighted by molar-refractivity contribution is 0.0641. The molecule has 2 aromatic carbocycles. The van der Waals surface area contributed by atoms with Crippen LogP contribution in [0.2, 0.25) is 5.02 Å². The monoisotopic (exact) mass is 465 g/mol. The number of aromatic nitrogens is 2. The number of likely N-dealkylation sites (N-methyl/N-ethyl adjacent to an activating group) is 1. The van der Waals surface area contributed by atoms with Crippen LogP contribution in [0.3, 0.4) is 0 Å². The van der Waals surface area contributed by atoms with E-state index in [0.29, 0.717) is 24.7 Å². The Morgan fingerprint density at radius 2 is 1.82 bits per heavy atom. The molecule has 2 atom stereocenters. The third-order valence-electron chi connectivity index (χ3n) is 5.87. The molecule has 0 fully saturated rings. The fraction of sp³-hybridized carbons (Fsp3) is 0.346. The Kier molecular flexibility index (Phi) is 6.84. The van der Waals surface area contributed by atoms with E-state index in [1.165, 1.54) is 6.20 Å². The Balaban J connectivity index is 1.92. The van der Waals surface area contributed by atoms with Crippen molar-refractivity contribution in [1.29, 1.82) is 0 Å². The topological polar surface area (TPSA) is 64.4 Å². The van der Waals surface area contributed by atoms with Gasteiger partial charge in [0, 0.05) is 24.0 Å². The van der Waals surface area contributed by atoms with Crippen LogP contribution in [-0.4, -0.2) is 40.3 Å². The van der Waals surface area contributed by atoms with E-state index in [1.54, 1.807) is 9.58 Å². The van der Waals surface area contributed by atoms with E-state index in [9.17, 15) is 9.59 Å². The smallest absolute Gasteiger partial charge is 0.276 e. The molecular weight excluding hydrogens is 438 g/mol. The largest absolute Gasteiger partial charge is 0.487 e. The first-order valence-electron chi connectivity index (χ1n) is 11.2. The Labute approximate surface area is 198 Å².